The molecule has 6 heteroatoms. The topological polar surface area (TPSA) is 53.4 Å². The van der Waals surface area contributed by atoms with Crippen LogP contribution in [-0.4, -0.2) is 37.8 Å². The maximum absolute atomic E-state index is 12.2. The molecule has 1 atom stereocenters. The van der Waals surface area contributed by atoms with Crippen molar-refractivity contribution in [1.29, 1.82) is 0 Å². The molecule has 4 nitrogen and oxygen atoms in total. The largest absolute Gasteiger partial charge is 0.388 e. The molecule has 1 aliphatic carbocycles. The molecule has 23 heavy (non-hydrogen) atoms. The van der Waals surface area contributed by atoms with E-state index in [0.717, 1.165) is 46.1 Å². The number of hydrogen-bond acceptors (Lipinski definition) is 5. The number of hydrogen-bond donors (Lipinski definition) is 1. The molecule has 2 aromatic rings. The number of benzene rings is 1. The number of nitrogens with zero attached hydrogens (tertiary/aromatic N) is 2. The molecule has 118 valence electrons. The van der Waals surface area contributed by atoms with Gasteiger partial charge in [0.1, 0.15) is 12.9 Å². The van der Waals surface area contributed by atoms with Crippen molar-refractivity contribution in [3.8, 4) is 10.6 Å². The van der Waals surface area contributed by atoms with E-state index >= 15 is 0 Å². The van der Waals surface area contributed by atoms with Crippen LogP contribution in [0.25, 0.3) is 10.6 Å². The van der Waals surface area contributed by atoms with E-state index in [2.05, 4.69) is 4.98 Å². The van der Waals surface area contributed by atoms with Crippen LogP contribution in [0.2, 0.25) is 0 Å². The Labute approximate surface area is 141 Å². The number of Topliss-reactive ketones (excluding diaryl/α,β-unsaturated/α-hetero) is 1. The third-order valence-electron chi connectivity index (χ3n) is 4.21. The van der Waals surface area contributed by atoms with Crippen LogP contribution in [0, 0.1) is 0 Å². The fourth-order valence-corrected chi connectivity index (χ4v) is 4.23. The maximum atomic E-state index is 12.2. The summed E-state index contributed by atoms with van der Waals surface area (Å²) in [5, 5.41) is 10.9. The third kappa shape index (κ3) is 2.81. The van der Waals surface area contributed by atoms with Crippen molar-refractivity contribution in [3.05, 3.63) is 28.3 Å². The Hall–Kier alpha value is -1.66. The number of carbonyl (C=O) groups is 1. The summed E-state index contributed by atoms with van der Waals surface area (Å²) in [4.78, 5) is 19.7. The molecule has 1 N–H and O–H groups in total. The van der Waals surface area contributed by atoms with E-state index in [1.54, 1.807) is 0 Å². The van der Waals surface area contributed by atoms with Crippen molar-refractivity contribution in [2.75, 3.05) is 19.0 Å². The number of ketones is 1. The lowest BCUT2D eigenvalue weighted by atomic mass is 9.84. The van der Waals surface area contributed by atoms with Gasteiger partial charge in [-0.05, 0) is 38.3 Å². The molecule has 1 aromatic carbocycles. The number of aryl methyl sites for hydroxylation is 1. The number of aliphatic hydroxyl groups excluding tert-OH is 1. The molecule has 0 fully saturated rings. The molecule has 1 unspecified atom stereocenters. The Morgan fingerprint density at radius 3 is 2.78 bits per heavy atom. The normalized spacial score (nSPS) is 17.0. The summed E-state index contributed by atoms with van der Waals surface area (Å²) in [5.74, 6) is -0.0741. The molecule has 0 saturated carbocycles. The van der Waals surface area contributed by atoms with Gasteiger partial charge < -0.3 is 10.0 Å². The van der Waals surface area contributed by atoms with E-state index in [9.17, 15) is 9.90 Å². The predicted molar refractivity (Wildman–Crippen MR) is 95.2 cm³/mol. The smallest absolute Gasteiger partial charge is 0.159 e. The second-order valence-electron chi connectivity index (χ2n) is 6.11. The van der Waals surface area contributed by atoms with Gasteiger partial charge in [0.25, 0.3) is 0 Å². The highest BCUT2D eigenvalue weighted by Gasteiger charge is 2.25. The lowest BCUT2D eigenvalue weighted by Crippen LogP contribution is -2.24. The number of rotatable bonds is 3. The van der Waals surface area contributed by atoms with E-state index in [-0.39, 0.29) is 5.78 Å². The van der Waals surface area contributed by atoms with Crippen LogP contribution >= 0.6 is 11.3 Å². The molecular formula is C17H19BN2O2S. The molecule has 0 saturated heterocycles. The first kappa shape index (κ1) is 16.2. The highest BCUT2D eigenvalue weighted by Crippen LogP contribution is 2.39. The molecule has 1 aromatic heterocycles. The van der Waals surface area contributed by atoms with Gasteiger partial charge in [-0.1, -0.05) is 5.46 Å². The first-order valence-electron chi connectivity index (χ1n) is 7.69. The second-order valence-corrected chi connectivity index (χ2v) is 7.14. The van der Waals surface area contributed by atoms with Crippen molar-refractivity contribution in [1.82, 2.24) is 4.98 Å². The average Bonchev–Trinajstić information content (AvgIpc) is 2.91. The van der Waals surface area contributed by atoms with E-state index in [1.165, 1.54) is 18.3 Å². The predicted octanol–water partition coefficient (Wildman–Crippen LogP) is 2.24. The number of thiazole rings is 1. The minimum Gasteiger partial charge on any atom is -0.388 e. The molecule has 2 radical (unpaired) electrons. The minimum atomic E-state index is -0.441. The highest BCUT2D eigenvalue weighted by molar-refractivity contribution is 7.15. The SMILES string of the molecule is [B]c1c(N(C)C)ccc(-c2nc3c(s2)C(O)CCC3)c1C(C)=O. The van der Waals surface area contributed by atoms with E-state index < -0.39 is 6.10 Å². The summed E-state index contributed by atoms with van der Waals surface area (Å²) >= 11 is 1.47. The van der Waals surface area contributed by atoms with Crippen molar-refractivity contribution in [3.63, 3.8) is 0 Å². The fraction of sp³-hybridized carbons (Fsp3) is 0.412. The van der Waals surface area contributed by atoms with Crippen molar-refractivity contribution in [2.24, 2.45) is 0 Å². The van der Waals surface area contributed by atoms with Crippen LogP contribution in [0.3, 0.4) is 0 Å². The molecule has 3 rings (SSSR count). The van der Waals surface area contributed by atoms with Crippen LogP contribution in [0.1, 0.15) is 46.8 Å². The van der Waals surface area contributed by atoms with Crippen molar-refractivity contribution in [2.45, 2.75) is 32.3 Å². The molecule has 0 bridgehead atoms. The lowest BCUT2D eigenvalue weighted by Gasteiger charge is -2.19. The van der Waals surface area contributed by atoms with Crippen molar-refractivity contribution >= 4 is 36.1 Å². The minimum absolute atomic E-state index is 0.0741. The van der Waals surface area contributed by atoms with Crippen LogP contribution < -0.4 is 10.4 Å². The van der Waals surface area contributed by atoms with Gasteiger partial charge >= 0.3 is 0 Å². The molecule has 0 aliphatic heterocycles. The lowest BCUT2D eigenvalue weighted by molar-refractivity contribution is 0.101. The van der Waals surface area contributed by atoms with E-state index in [4.69, 9.17) is 7.85 Å². The third-order valence-corrected chi connectivity index (χ3v) is 5.44. The molecule has 0 spiro atoms. The summed E-state index contributed by atoms with van der Waals surface area (Å²) < 4.78 is 0. The van der Waals surface area contributed by atoms with E-state index in [0.29, 0.717) is 11.0 Å². The van der Waals surface area contributed by atoms with Gasteiger partial charge in [-0.25, -0.2) is 4.98 Å². The summed E-state index contributed by atoms with van der Waals surface area (Å²) in [5.41, 5.74) is 3.52. The Morgan fingerprint density at radius 2 is 2.17 bits per heavy atom. The Kier molecular flexibility index (Phi) is 4.30. The number of carbonyl (C=O) groups excluding carboxylic acids is 1. The van der Waals surface area contributed by atoms with Gasteiger partial charge in [0.05, 0.1) is 16.7 Å². The van der Waals surface area contributed by atoms with Gasteiger partial charge in [0, 0.05) is 30.9 Å². The number of aliphatic hydroxyl groups is 1. The summed E-state index contributed by atoms with van der Waals surface area (Å²) in [6.45, 7) is 1.52. The first-order valence-corrected chi connectivity index (χ1v) is 8.50. The Bertz CT molecular complexity index is 770. The van der Waals surface area contributed by atoms with Gasteiger partial charge in [0.15, 0.2) is 5.78 Å². The van der Waals surface area contributed by atoms with Crippen LogP contribution in [0.4, 0.5) is 5.69 Å². The molecular weight excluding hydrogens is 307 g/mol. The van der Waals surface area contributed by atoms with Crippen molar-refractivity contribution < 1.29 is 9.90 Å². The molecule has 1 aliphatic rings. The van der Waals surface area contributed by atoms with Gasteiger partial charge in [-0.2, -0.15) is 0 Å². The Balaban J connectivity index is 2.17. The van der Waals surface area contributed by atoms with Gasteiger partial charge in [-0.15, -0.1) is 11.3 Å². The maximum Gasteiger partial charge on any atom is 0.159 e. The zero-order chi connectivity index (χ0) is 16.7. The molecule has 1 heterocycles. The summed E-state index contributed by atoms with van der Waals surface area (Å²) in [7, 11) is 10.0. The summed E-state index contributed by atoms with van der Waals surface area (Å²) in [6.07, 6.45) is 2.15. The monoisotopic (exact) mass is 326 g/mol. The van der Waals surface area contributed by atoms with Gasteiger partial charge in [0.2, 0.25) is 0 Å². The second kappa shape index (κ2) is 6.09. The zero-order valence-electron chi connectivity index (χ0n) is 13.6. The first-order chi connectivity index (χ1) is 10.9. The standard InChI is InChI=1S/C17H19BN2O2S/c1-9(21)14-10(7-8-12(15(14)18)20(2)3)17-19-11-5-4-6-13(22)16(11)23-17/h7-8,13,22H,4-6H2,1-3H3. The van der Waals surface area contributed by atoms with Crippen LogP contribution in [0.15, 0.2) is 12.1 Å². The quantitative estimate of drug-likeness (QED) is 0.694. The number of anilines is 1. The molecule has 0 amide bonds. The fourth-order valence-electron chi connectivity index (χ4n) is 3.07. The highest BCUT2D eigenvalue weighted by atomic mass is 32.1. The van der Waals surface area contributed by atoms with Crippen LogP contribution in [0.5, 0.6) is 0 Å². The number of fused-ring (bicyclic) bond motifs is 1. The van der Waals surface area contributed by atoms with E-state index in [1.807, 2.05) is 31.1 Å². The Morgan fingerprint density at radius 1 is 1.43 bits per heavy atom. The zero-order valence-corrected chi connectivity index (χ0v) is 14.4. The number of aromatic nitrogens is 1. The van der Waals surface area contributed by atoms with Crippen LogP contribution in [-0.2, 0) is 6.42 Å². The average molecular weight is 326 g/mol. The summed E-state index contributed by atoms with van der Waals surface area (Å²) in [6, 6.07) is 3.81. The van der Waals surface area contributed by atoms with Gasteiger partial charge in [-0.3, -0.25) is 4.79 Å².